The zero-order valence-electron chi connectivity index (χ0n) is 21.4. The normalized spacial score (nSPS) is 20.7. The van der Waals surface area contributed by atoms with E-state index < -0.39 is 33.8 Å². The molecule has 1 saturated heterocycles. The van der Waals surface area contributed by atoms with Crippen LogP contribution in [-0.2, 0) is 29.1 Å². The van der Waals surface area contributed by atoms with Crippen LogP contribution < -0.4 is 26.8 Å². The largest absolute Gasteiger partial charge is 0.490 e. The predicted molar refractivity (Wildman–Crippen MR) is 144 cm³/mol. The number of oxime groups is 1. The summed E-state index contributed by atoms with van der Waals surface area (Å²) in [5.74, 6) is -0.384. The Morgan fingerprint density at radius 2 is 2.05 bits per heavy atom. The fourth-order valence-electron chi connectivity index (χ4n) is 3.79. The van der Waals surface area contributed by atoms with Crippen molar-refractivity contribution in [1.82, 2.24) is 20.7 Å². The molecule has 1 unspecified atom stereocenters. The number of carbonyl (C=O) groups is 2. The highest BCUT2D eigenvalue weighted by Gasteiger charge is 2.58. The molecule has 216 valence electrons. The van der Waals surface area contributed by atoms with Crippen LogP contribution in [0.25, 0.3) is 0 Å². The number of nitrogens with two attached hydrogens (primary N) is 2. The van der Waals surface area contributed by atoms with Crippen molar-refractivity contribution in [3.05, 3.63) is 40.9 Å². The summed E-state index contributed by atoms with van der Waals surface area (Å²) in [5, 5.41) is 11.6. The smallest absolute Gasteiger partial charge is 0.418 e. The van der Waals surface area contributed by atoms with Crippen molar-refractivity contribution in [1.29, 1.82) is 0 Å². The van der Waals surface area contributed by atoms with Crippen molar-refractivity contribution < 1.29 is 36.4 Å². The summed E-state index contributed by atoms with van der Waals surface area (Å²) in [7, 11) is -4.94. The summed E-state index contributed by atoms with van der Waals surface area (Å²) < 4.78 is 40.9. The molecule has 2 aliphatic rings. The first kappa shape index (κ1) is 29.2. The Balaban J connectivity index is 1.34. The molecule has 2 aliphatic heterocycles. The summed E-state index contributed by atoms with van der Waals surface area (Å²) in [4.78, 5) is 39.1. The third-order valence-electron chi connectivity index (χ3n) is 5.84. The lowest BCUT2D eigenvalue weighted by molar-refractivity contribution is -0.218. The number of carbonyl (C=O) groups excluding carboxylic acids is 2. The van der Waals surface area contributed by atoms with Crippen LogP contribution in [0.1, 0.15) is 25.1 Å². The Kier molecular flexibility index (Phi) is 8.54. The number of amidine groups is 1. The molecule has 3 heterocycles. The number of anilines is 1. The average Bonchev–Trinajstić information content (AvgIpc) is 3.33. The van der Waals surface area contributed by atoms with Gasteiger partial charge in [-0.3, -0.25) is 19.1 Å². The zero-order chi connectivity index (χ0) is 29.1. The number of benzene rings is 1. The van der Waals surface area contributed by atoms with E-state index in [9.17, 15) is 18.0 Å². The number of aromatic nitrogens is 1. The Morgan fingerprint density at radius 3 is 2.62 bits per heavy atom. The first-order valence-corrected chi connectivity index (χ1v) is 14.1. The Labute approximate surface area is 233 Å². The number of thiazole rings is 1. The lowest BCUT2D eigenvalue weighted by atomic mass is 9.84. The van der Waals surface area contributed by atoms with E-state index in [0.29, 0.717) is 23.9 Å². The number of rotatable bonds is 11. The van der Waals surface area contributed by atoms with Crippen LogP contribution in [0.5, 0.6) is 5.75 Å². The topological polar surface area (TPSA) is 233 Å². The van der Waals surface area contributed by atoms with E-state index in [1.807, 2.05) is 12.1 Å². The second-order valence-electron chi connectivity index (χ2n) is 9.24. The van der Waals surface area contributed by atoms with Gasteiger partial charge in [0, 0.05) is 23.5 Å². The van der Waals surface area contributed by atoms with E-state index in [-0.39, 0.29) is 35.8 Å². The number of hydrogen-bond acceptors (Lipinski definition) is 14. The maximum absolute atomic E-state index is 13.0. The molecule has 7 N–H and O–H groups in total. The van der Waals surface area contributed by atoms with Crippen molar-refractivity contribution in [3.8, 4) is 5.75 Å². The van der Waals surface area contributed by atoms with E-state index >= 15 is 0 Å². The zero-order valence-corrected chi connectivity index (χ0v) is 23.1. The maximum Gasteiger partial charge on any atom is 0.418 e. The molecule has 0 aliphatic carbocycles. The Morgan fingerprint density at radius 1 is 1.32 bits per heavy atom. The van der Waals surface area contributed by atoms with E-state index in [0.717, 1.165) is 22.7 Å². The van der Waals surface area contributed by atoms with Gasteiger partial charge in [0.1, 0.15) is 29.9 Å². The highest BCUT2D eigenvalue weighted by Crippen LogP contribution is 2.33. The lowest BCUT2D eigenvalue weighted by Gasteiger charge is -2.50. The van der Waals surface area contributed by atoms with Crippen molar-refractivity contribution in [3.63, 3.8) is 0 Å². The van der Waals surface area contributed by atoms with Gasteiger partial charge in [0.25, 0.3) is 11.8 Å². The highest BCUT2D eigenvalue weighted by molar-refractivity contribution is 7.80. The highest BCUT2D eigenvalue weighted by atomic mass is 32.3. The van der Waals surface area contributed by atoms with Gasteiger partial charge >= 0.3 is 10.4 Å². The first-order valence-electron chi connectivity index (χ1n) is 11.9. The van der Waals surface area contributed by atoms with Crippen LogP contribution in [0.2, 0.25) is 0 Å². The molecule has 0 spiro atoms. The second kappa shape index (κ2) is 11.7. The number of β-lactam (4-membered cyclic amide) rings is 1. The summed E-state index contributed by atoms with van der Waals surface area (Å²) >= 11 is 1.07. The van der Waals surface area contributed by atoms with Crippen molar-refractivity contribution in [2.24, 2.45) is 15.9 Å². The quantitative estimate of drug-likeness (QED) is 0.0694. The van der Waals surface area contributed by atoms with Crippen LogP contribution in [0.15, 0.2) is 39.8 Å². The average molecular weight is 597 g/mol. The van der Waals surface area contributed by atoms with Gasteiger partial charge in [0.2, 0.25) is 0 Å². The minimum atomic E-state index is -4.94. The van der Waals surface area contributed by atoms with Crippen molar-refractivity contribution in [2.45, 2.75) is 31.5 Å². The Hall–Kier alpha value is -3.84. The number of nitrogens with zero attached hydrogens (tertiary/aromatic N) is 4. The molecular formula is C22H28N8O8S2. The van der Waals surface area contributed by atoms with Crippen LogP contribution in [0.4, 0.5) is 5.13 Å². The summed E-state index contributed by atoms with van der Waals surface area (Å²) in [5.41, 5.74) is 10.9. The molecular weight excluding hydrogens is 568 g/mol. The molecule has 2 amide bonds. The molecule has 2 atom stereocenters. The number of hydroxylamine groups is 2. The summed E-state index contributed by atoms with van der Waals surface area (Å²) in [6.45, 7) is 4.13. The summed E-state index contributed by atoms with van der Waals surface area (Å²) in [6.07, 6.45) is 0. The number of ether oxygens (including phenoxy) is 1. The molecule has 1 aromatic carbocycles. The maximum atomic E-state index is 13.0. The molecule has 4 rings (SSSR count). The van der Waals surface area contributed by atoms with Crippen molar-refractivity contribution in [2.75, 3.05) is 32.0 Å². The third-order valence-corrected chi connectivity index (χ3v) is 6.85. The minimum absolute atomic E-state index is 0.000929. The number of hydrogen-bond donors (Lipinski definition) is 5. The number of amides is 2. The molecule has 0 saturated carbocycles. The van der Waals surface area contributed by atoms with Gasteiger partial charge in [-0.15, -0.1) is 15.6 Å². The molecule has 0 radical (unpaired) electrons. The van der Waals surface area contributed by atoms with Gasteiger partial charge in [-0.1, -0.05) is 5.16 Å². The molecule has 18 heteroatoms. The predicted octanol–water partition coefficient (Wildman–Crippen LogP) is -0.958. The number of nitrogens with one attached hydrogen (secondary N) is 2. The van der Waals surface area contributed by atoms with Gasteiger partial charge in [0.05, 0.1) is 12.1 Å². The van der Waals surface area contributed by atoms with E-state index in [1.54, 1.807) is 12.1 Å². The first-order chi connectivity index (χ1) is 18.8. The molecule has 2 aromatic rings. The fourth-order valence-corrected chi connectivity index (χ4v) is 4.79. The van der Waals surface area contributed by atoms with Gasteiger partial charge in [-0.2, -0.15) is 13.5 Å². The SMILES string of the molecule is CC1(C)[C@H](NC(=O)C(=NOCCOc2ccc(C3=NCC(N)CN3)cc2)c2csc(N)n2)C(=O)N1OS(=O)(=O)O. The van der Waals surface area contributed by atoms with Crippen LogP contribution >= 0.6 is 11.3 Å². The van der Waals surface area contributed by atoms with Gasteiger partial charge < -0.3 is 31.7 Å². The van der Waals surface area contributed by atoms with Crippen LogP contribution in [-0.4, -0.2) is 90.3 Å². The van der Waals surface area contributed by atoms with Gasteiger partial charge in [-0.05, 0) is 38.1 Å². The Bertz CT molecular complexity index is 1420. The van der Waals surface area contributed by atoms with Gasteiger partial charge in [-0.25, -0.2) is 4.98 Å². The van der Waals surface area contributed by atoms with Gasteiger partial charge in [0.15, 0.2) is 17.5 Å². The lowest BCUT2D eigenvalue weighted by Crippen LogP contribution is -2.76. The second-order valence-corrected chi connectivity index (χ2v) is 11.1. The molecule has 16 nitrogen and oxygen atoms in total. The van der Waals surface area contributed by atoms with E-state index in [4.69, 9.17) is 25.6 Å². The molecule has 0 bridgehead atoms. The minimum Gasteiger partial charge on any atom is -0.490 e. The number of nitrogen functional groups attached to an aromatic ring is 1. The fraction of sp³-hybridized carbons (Fsp3) is 0.409. The van der Waals surface area contributed by atoms with E-state index in [2.05, 4.69) is 30.0 Å². The molecule has 1 aromatic heterocycles. The van der Waals surface area contributed by atoms with Crippen molar-refractivity contribution >= 4 is 50.2 Å². The summed E-state index contributed by atoms with van der Waals surface area (Å²) in [6, 6.07) is 6.08. The third kappa shape index (κ3) is 6.83. The van der Waals surface area contributed by atoms with Crippen LogP contribution in [0, 0.1) is 0 Å². The standard InChI is InChI=1S/C22H28N8O8S2/c1-22(2)17(20(32)30(22)38-40(33,34)35)28-19(31)16(15-11-39-21(24)27-15)29-37-8-7-36-14-5-3-12(4-6-14)18-25-9-13(23)10-26-18/h3-6,11,13,17H,7-10,23H2,1-2H3,(H2,24,27)(H,25,26)(H,28,31)(H,33,34,35)/t17-/m1/s1. The molecule has 1 fully saturated rings. The van der Waals surface area contributed by atoms with Crippen LogP contribution in [0.3, 0.4) is 0 Å². The van der Waals surface area contributed by atoms with E-state index in [1.165, 1.54) is 19.2 Å². The molecule has 40 heavy (non-hydrogen) atoms. The number of aliphatic imine (C=N–C) groups is 1. The monoisotopic (exact) mass is 596 g/mol.